The summed E-state index contributed by atoms with van der Waals surface area (Å²) in [6, 6.07) is 11.4. The standard InChI is InChI=1S/C22H25BrClNO4/c1-3-4-16-6-7-18(24)11-19(16)17(12-25-14-26)13-29-21-8-5-15(9-20(21)23)10-22(27)28-2/h5-9,11,14,17H,3-4,10,12-13H2,1-2H3,(H,25,26). The fourth-order valence-electron chi connectivity index (χ4n) is 3.09. The summed E-state index contributed by atoms with van der Waals surface area (Å²) in [4.78, 5) is 22.3. The molecule has 2 aromatic rings. The molecule has 0 bridgehead atoms. The number of carbonyl (C=O) groups is 2. The van der Waals surface area contributed by atoms with Crippen LogP contribution in [0.1, 0.15) is 36.0 Å². The highest BCUT2D eigenvalue weighted by Gasteiger charge is 2.18. The fourth-order valence-corrected chi connectivity index (χ4v) is 3.81. The zero-order valence-corrected chi connectivity index (χ0v) is 18.9. The third-order valence-electron chi connectivity index (χ3n) is 4.53. The van der Waals surface area contributed by atoms with Gasteiger partial charge in [0.1, 0.15) is 5.75 Å². The van der Waals surface area contributed by atoms with Crippen LogP contribution in [-0.2, 0) is 27.2 Å². The summed E-state index contributed by atoms with van der Waals surface area (Å²) in [7, 11) is 1.37. The van der Waals surface area contributed by atoms with Crippen LogP contribution in [0.15, 0.2) is 40.9 Å². The summed E-state index contributed by atoms with van der Waals surface area (Å²) < 4.78 is 11.5. The number of benzene rings is 2. The fraction of sp³-hybridized carbons (Fsp3) is 0.364. The number of ether oxygens (including phenoxy) is 2. The molecular formula is C22H25BrClNO4. The maximum atomic E-state index is 11.4. The average Bonchev–Trinajstić information content (AvgIpc) is 2.71. The minimum atomic E-state index is -0.296. The van der Waals surface area contributed by atoms with Gasteiger partial charge in [-0.05, 0) is 63.3 Å². The Morgan fingerprint density at radius 2 is 2.07 bits per heavy atom. The lowest BCUT2D eigenvalue weighted by molar-refractivity contribution is -0.139. The Hall–Kier alpha value is -2.05. The molecule has 0 saturated carbocycles. The molecule has 0 aliphatic heterocycles. The van der Waals surface area contributed by atoms with Crippen molar-refractivity contribution in [3.8, 4) is 5.75 Å². The van der Waals surface area contributed by atoms with Gasteiger partial charge in [-0.25, -0.2) is 0 Å². The van der Waals surface area contributed by atoms with Crippen LogP contribution in [0.4, 0.5) is 0 Å². The van der Waals surface area contributed by atoms with Gasteiger partial charge in [-0.1, -0.05) is 37.1 Å². The first-order valence-electron chi connectivity index (χ1n) is 9.41. The molecule has 2 rings (SSSR count). The van der Waals surface area contributed by atoms with E-state index in [9.17, 15) is 9.59 Å². The van der Waals surface area contributed by atoms with Gasteiger partial charge in [0.05, 0.1) is 24.6 Å². The highest BCUT2D eigenvalue weighted by Crippen LogP contribution is 2.30. The average molecular weight is 483 g/mol. The summed E-state index contributed by atoms with van der Waals surface area (Å²) in [6.45, 7) is 2.94. The van der Waals surface area contributed by atoms with Crippen LogP contribution in [0.25, 0.3) is 0 Å². The second kappa shape index (κ2) is 11.8. The van der Waals surface area contributed by atoms with Crippen molar-refractivity contribution in [2.24, 2.45) is 0 Å². The molecule has 156 valence electrons. The van der Waals surface area contributed by atoms with E-state index in [-0.39, 0.29) is 18.3 Å². The predicted molar refractivity (Wildman–Crippen MR) is 118 cm³/mol. The SMILES string of the molecule is CCCc1ccc(Cl)cc1C(CNC=O)COc1ccc(CC(=O)OC)cc1Br. The minimum Gasteiger partial charge on any atom is -0.492 e. The van der Waals surface area contributed by atoms with Gasteiger partial charge < -0.3 is 14.8 Å². The summed E-state index contributed by atoms with van der Waals surface area (Å²) in [6.07, 6.45) is 2.82. The molecule has 2 aromatic carbocycles. The smallest absolute Gasteiger partial charge is 0.309 e. The Bertz CT molecular complexity index is 844. The van der Waals surface area contributed by atoms with Crippen LogP contribution in [0.2, 0.25) is 5.02 Å². The van der Waals surface area contributed by atoms with Gasteiger partial charge in [-0.2, -0.15) is 0 Å². The van der Waals surface area contributed by atoms with E-state index >= 15 is 0 Å². The van der Waals surface area contributed by atoms with E-state index in [2.05, 4.69) is 28.2 Å². The molecule has 1 amide bonds. The zero-order valence-electron chi connectivity index (χ0n) is 16.5. The number of methoxy groups -OCH3 is 1. The monoisotopic (exact) mass is 481 g/mol. The molecule has 0 fully saturated rings. The van der Waals surface area contributed by atoms with Crippen molar-refractivity contribution in [1.29, 1.82) is 0 Å². The number of rotatable bonds is 11. The van der Waals surface area contributed by atoms with Crippen LogP contribution < -0.4 is 10.1 Å². The molecule has 29 heavy (non-hydrogen) atoms. The van der Waals surface area contributed by atoms with Crippen molar-refractivity contribution in [1.82, 2.24) is 5.32 Å². The van der Waals surface area contributed by atoms with Crippen LogP contribution >= 0.6 is 27.5 Å². The molecule has 0 aliphatic carbocycles. The van der Waals surface area contributed by atoms with Crippen molar-refractivity contribution < 1.29 is 19.1 Å². The molecule has 0 heterocycles. The number of amides is 1. The van der Waals surface area contributed by atoms with Crippen LogP contribution in [0.3, 0.4) is 0 Å². The first kappa shape index (κ1) is 23.2. The number of esters is 1. The second-order valence-electron chi connectivity index (χ2n) is 6.64. The summed E-state index contributed by atoms with van der Waals surface area (Å²) in [5, 5.41) is 3.41. The van der Waals surface area contributed by atoms with E-state index in [1.807, 2.05) is 36.4 Å². The molecule has 5 nitrogen and oxygen atoms in total. The Balaban J connectivity index is 2.18. The van der Waals surface area contributed by atoms with Crippen LogP contribution in [0.5, 0.6) is 5.75 Å². The number of nitrogens with one attached hydrogen (secondary N) is 1. The third-order valence-corrected chi connectivity index (χ3v) is 5.38. The van der Waals surface area contributed by atoms with Crippen LogP contribution in [0, 0.1) is 0 Å². The summed E-state index contributed by atoms with van der Waals surface area (Å²) in [5.41, 5.74) is 3.10. The molecule has 1 N–H and O–H groups in total. The topological polar surface area (TPSA) is 64.6 Å². The molecule has 0 aliphatic rings. The van der Waals surface area contributed by atoms with E-state index in [0.717, 1.165) is 28.4 Å². The zero-order chi connectivity index (χ0) is 21.2. The quantitative estimate of drug-likeness (QED) is 0.373. The van der Waals surface area contributed by atoms with Gasteiger partial charge in [0.15, 0.2) is 0 Å². The molecule has 1 unspecified atom stereocenters. The minimum absolute atomic E-state index is 0.0536. The molecule has 0 radical (unpaired) electrons. The number of carbonyl (C=O) groups excluding carboxylic acids is 2. The van der Waals surface area contributed by atoms with Gasteiger partial charge in [0, 0.05) is 17.5 Å². The second-order valence-corrected chi connectivity index (χ2v) is 7.94. The lowest BCUT2D eigenvalue weighted by Gasteiger charge is -2.22. The van der Waals surface area contributed by atoms with Crippen molar-refractivity contribution in [2.75, 3.05) is 20.3 Å². The lowest BCUT2D eigenvalue weighted by Crippen LogP contribution is -2.25. The third kappa shape index (κ3) is 7.05. The van der Waals surface area contributed by atoms with Crippen molar-refractivity contribution in [3.05, 3.63) is 62.6 Å². The Labute approximate surface area is 184 Å². The Kier molecular flexibility index (Phi) is 9.48. The predicted octanol–water partition coefficient (Wildman–Crippen LogP) is 4.68. The van der Waals surface area contributed by atoms with Gasteiger partial charge >= 0.3 is 5.97 Å². The Morgan fingerprint density at radius 1 is 1.28 bits per heavy atom. The van der Waals surface area contributed by atoms with E-state index < -0.39 is 0 Å². The Morgan fingerprint density at radius 3 is 2.72 bits per heavy atom. The van der Waals surface area contributed by atoms with E-state index in [4.69, 9.17) is 21.1 Å². The molecular weight excluding hydrogens is 458 g/mol. The highest BCUT2D eigenvalue weighted by molar-refractivity contribution is 9.10. The number of aryl methyl sites for hydroxylation is 1. The molecule has 0 spiro atoms. The number of halogens is 2. The largest absolute Gasteiger partial charge is 0.492 e. The van der Waals surface area contributed by atoms with Gasteiger partial charge in [-0.15, -0.1) is 0 Å². The van der Waals surface area contributed by atoms with E-state index in [1.54, 1.807) is 0 Å². The first-order chi connectivity index (χ1) is 14.0. The highest BCUT2D eigenvalue weighted by atomic mass is 79.9. The van der Waals surface area contributed by atoms with Crippen molar-refractivity contribution >= 4 is 39.9 Å². The number of hydrogen-bond acceptors (Lipinski definition) is 4. The summed E-state index contributed by atoms with van der Waals surface area (Å²) >= 11 is 9.73. The number of hydrogen-bond donors (Lipinski definition) is 1. The normalized spacial score (nSPS) is 11.6. The van der Waals surface area contributed by atoms with Crippen molar-refractivity contribution in [2.45, 2.75) is 32.1 Å². The first-order valence-corrected chi connectivity index (χ1v) is 10.6. The maximum Gasteiger partial charge on any atom is 0.309 e. The van der Waals surface area contributed by atoms with E-state index in [1.165, 1.54) is 12.7 Å². The molecule has 7 heteroatoms. The van der Waals surface area contributed by atoms with Crippen LogP contribution in [-0.4, -0.2) is 32.6 Å². The van der Waals surface area contributed by atoms with Gasteiger partial charge in [0.2, 0.25) is 6.41 Å². The van der Waals surface area contributed by atoms with Gasteiger partial charge in [0.25, 0.3) is 0 Å². The summed E-state index contributed by atoms with van der Waals surface area (Å²) in [5.74, 6) is 0.311. The van der Waals surface area contributed by atoms with Gasteiger partial charge in [-0.3, -0.25) is 9.59 Å². The molecule has 0 aromatic heterocycles. The molecule has 0 saturated heterocycles. The maximum absolute atomic E-state index is 11.4. The van der Waals surface area contributed by atoms with E-state index in [0.29, 0.717) is 30.3 Å². The van der Waals surface area contributed by atoms with Crippen molar-refractivity contribution in [3.63, 3.8) is 0 Å². The molecule has 1 atom stereocenters. The lowest BCUT2D eigenvalue weighted by atomic mass is 9.92.